The van der Waals surface area contributed by atoms with Crippen molar-refractivity contribution in [3.8, 4) is 0 Å². The van der Waals surface area contributed by atoms with E-state index in [1.165, 1.54) is 4.88 Å². The van der Waals surface area contributed by atoms with Crippen molar-refractivity contribution in [2.24, 2.45) is 7.05 Å². The van der Waals surface area contributed by atoms with Crippen LogP contribution in [0.5, 0.6) is 0 Å². The number of amides is 1. The molecule has 0 aromatic carbocycles. The molecule has 0 radical (unpaired) electrons. The Kier molecular flexibility index (Phi) is 3.91. The van der Waals surface area contributed by atoms with Crippen molar-refractivity contribution in [2.75, 3.05) is 16.8 Å². The van der Waals surface area contributed by atoms with Crippen molar-refractivity contribution >= 4 is 39.1 Å². The van der Waals surface area contributed by atoms with Gasteiger partial charge in [-0.15, -0.1) is 11.3 Å². The molecule has 130 valence electrons. The lowest BCUT2D eigenvalue weighted by Gasteiger charge is -2.17. The summed E-state index contributed by atoms with van der Waals surface area (Å²) in [6, 6.07) is 3.78. The van der Waals surface area contributed by atoms with Crippen molar-refractivity contribution in [3.05, 3.63) is 29.0 Å². The number of nitrogens with zero attached hydrogens (tertiary/aromatic N) is 5. The Morgan fingerprint density at radius 3 is 2.92 bits per heavy atom. The second kappa shape index (κ2) is 6.11. The van der Waals surface area contributed by atoms with Crippen LogP contribution in [0.15, 0.2) is 18.5 Å². The monoisotopic (exact) mass is 356 g/mol. The topological polar surface area (TPSA) is 75.9 Å². The second-order valence-electron chi connectivity index (χ2n) is 6.25. The molecule has 1 atom stereocenters. The van der Waals surface area contributed by atoms with Crippen molar-refractivity contribution < 1.29 is 4.79 Å². The van der Waals surface area contributed by atoms with Crippen molar-refractivity contribution in [1.29, 1.82) is 0 Å². The number of thiophene rings is 1. The van der Waals surface area contributed by atoms with Crippen LogP contribution in [0.4, 0.5) is 11.6 Å². The first kappa shape index (κ1) is 16.0. The van der Waals surface area contributed by atoms with Crippen LogP contribution in [0, 0.1) is 6.92 Å². The first-order valence-electron chi connectivity index (χ1n) is 8.38. The van der Waals surface area contributed by atoms with E-state index >= 15 is 0 Å². The average molecular weight is 356 g/mol. The van der Waals surface area contributed by atoms with Gasteiger partial charge in [0, 0.05) is 24.5 Å². The molecular weight excluding hydrogens is 336 g/mol. The molecule has 1 saturated heterocycles. The fraction of sp³-hybridized carbons (Fsp3) is 0.412. The van der Waals surface area contributed by atoms with Gasteiger partial charge in [-0.25, -0.2) is 9.97 Å². The lowest BCUT2D eigenvalue weighted by atomic mass is 10.2. The molecule has 0 saturated carbocycles. The quantitative estimate of drug-likeness (QED) is 0.777. The van der Waals surface area contributed by atoms with Gasteiger partial charge in [0.05, 0.1) is 11.1 Å². The molecule has 3 aromatic heterocycles. The molecule has 3 aromatic rings. The highest BCUT2D eigenvalue weighted by Crippen LogP contribution is 2.30. The van der Waals surface area contributed by atoms with Crippen LogP contribution in [0.2, 0.25) is 0 Å². The SMILES string of the molecule is CCc1cc2c(NC3CCN(c4cc(C)nn4C)C3=O)ncnc2s1. The number of hydrogen-bond acceptors (Lipinski definition) is 6. The predicted molar refractivity (Wildman–Crippen MR) is 99.1 cm³/mol. The van der Waals surface area contributed by atoms with E-state index in [2.05, 4.69) is 33.4 Å². The van der Waals surface area contributed by atoms with Crippen molar-refractivity contribution in [1.82, 2.24) is 19.7 Å². The minimum Gasteiger partial charge on any atom is -0.358 e. The number of rotatable bonds is 4. The number of anilines is 2. The number of carbonyl (C=O) groups is 1. The molecule has 1 N–H and O–H groups in total. The maximum Gasteiger partial charge on any atom is 0.250 e. The maximum atomic E-state index is 12.9. The van der Waals surface area contributed by atoms with E-state index in [9.17, 15) is 4.79 Å². The van der Waals surface area contributed by atoms with Gasteiger partial charge in [-0.2, -0.15) is 5.10 Å². The first-order valence-corrected chi connectivity index (χ1v) is 9.20. The van der Waals surface area contributed by atoms with Gasteiger partial charge in [-0.1, -0.05) is 6.92 Å². The zero-order valence-electron chi connectivity index (χ0n) is 14.5. The lowest BCUT2D eigenvalue weighted by molar-refractivity contribution is -0.117. The summed E-state index contributed by atoms with van der Waals surface area (Å²) >= 11 is 1.67. The van der Waals surface area contributed by atoms with Crippen molar-refractivity contribution in [3.63, 3.8) is 0 Å². The summed E-state index contributed by atoms with van der Waals surface area (Å²) in [5.41, 5.74) is 0.907. The third kappa shape index (κ3) is 2.76. The summed E-state index contributed by atoms with van der Waals surface area (Å²) in [7, 11) is 1.86. The second-order valence-corrected chi connectivity index (χ2v) is 7.37. The molecule has 4 heterocycles. The molecule has 8 heteroatoms. The molecule has 0 aliphatic carbocycles. The van der Waals surface area contributed by atoms with Gasteiger partial charge in [-0.05, 0) is 25.8 Å². The molecule has 1 aliphatic heterocycles. The molecule has 4 rings (SSSR count). The highest BCUT2D eigenvalue weighted by atomic mass is 32.1. The highest BCUT2D eigenvalue weighted by molar-refractivity contribution is 7.18. The Morgan fingerprint density at radius 1 is 1.36 bits per heavy atom. The highest BCUT2D eigenvalue weighted by Gasteiger charge is 2.34. The van der Waals surface area contributed by atoms with E-state index in [0.717, 1.165) is 40.4 Å². The van der Waals surface area contributed by atoms with Crippen LogP contribution < -0.4 is 10.2 Å². The molecule has 1 fully saturated rings. The molecular formula is C17H20N6OS. The standard InChI is InChI=1S/C17H20N6OS/c1-4-11-8-12-15(18-9-19-16(12)25-11)20-13-5-6-23(17(13)24)14-7-10(2)21-22(14)3/h7-9,13H,4-6H2,1-3H3,(H,18,19,20). The molecule has 1 aliphatic rings. The van der Waals surface area contributed by atoms with Crippen LogP contribution in [-0.2, 0) is 18.3 Å². The normalized spacial score (nSPS) is 17.6. The number of fused-ring (bicyclic) bond motifs is 1. The zero-order chi connectivity index (χ0) is 17.6. The fourth-order valence-electron chi connectivity index (χ4n) is 3.25. The van der Waals surface area contributed by atoms with Gasteiger partial charge in [0.1, 0.15) is 28.8 Å². The minimum absolute atomic E-state index is 0.0562. The van der Waals surface area contributed by atoms with Crippen LogP contribution in [0.3, 0.4) is 0 Å². The van der Waals surface area contributed by atoms with Gasteiger partial charge in [-0.3, -0.25) is 14.4 Å². The summed E-state index contributed by atoms with van der Waals surface area (Å²) < 4.78 is 1.75. The summed E-state index contributed by atoms with van der Waals surface area (Å²) in [5, 5.41) is 8.66. The summed E-state index contributed by atoms with van der Waals surface area (Å²) in [5.74, 6) is 1.63. The van der Waals surface area contributed by atoms with Gasteiger partial charge >= 0.3 is 0 Å². The van der Waals surface area contributed by atoms with Crippen molar-refractivity contribution in [2.45, 2.75) is 32.7 Å². The van der Waals surface area contributed by atoms with E-state index in [-0.39, 0.29) is 11.9 Å². The average Bonchev–Trinajstić information content (AvgIpc) is 3.26. The number of aromatic nitrogens is 4. The van der Waals surface area contributed by atoms with E-state index in [1.54, 1.807) is 27.2 Å². The predicted octanol–water partition coefficient (Wildman–Crippen LogP) is 2.51. The van der Waals surface area contributed by atoms with Gasteiger partial charge < -0.3 is 5.32 Å². The number of hydrogen-bond donors (Lipinski definition) is 1. The first-order chi connectivity index (χ1) is 12.1. The molecule has 25 heavy (non-hydrogen) atoms. The van der Waals surface area contributed by atoms with Crippen LogP contribution in [0.25, 0.3) is 10.2 Å². The molecule has 0 spiro atoms. The molecule has 0 bridgehead atoms. The Morgan fingerprint density at radius 2 is 2.20 bits per heavy atom. The fourth-order valence-corrected chi connectivity index (χ4v) is 4.19. The minimum atomic E-state index is -0.279. The molecule has 1 unspecified atom stereocenters. The maximum absolute atomic E-state index is 12.9. The van der Waals surface area contributed by atoms with Gasteiger partial charge in [0.2, 0.25) is 0 Å². The van der Waals surface area contributed by atoms with E-state index in [0.29, 0.717) is 6.54 Å². The van der Waals surface area contributed by atoms with E-state index < -0.39 is 0 Å². The summed E-state index contributed by atoms with van der Waals surface area (Å²) in [6.45, 7) is 4.73. The molecule has 7 nitrogen and oxygen atoms in total. The van der Waals surface area contributed by atoms with Gasteiger partial charge in [0.15, 0.2) is 0 Å². The van der Waals surface area contributed by atoms with E-state index in [4.69, 9.17) is 0 Å². The van der Waals surface area contributed by atoms with Crippen LogP contribution in [0.1, 0.15) is 23.9 Å². The molecule has 1 amide bonds. The third-order valence-corrected chi connectivity index (χ3v) is 5.69. The lowest BCUT2D eigenvalue weighted by Crippen LogP contribution is -2.34. The van der Waals surface area contributed by atoms with Crippen LogP contribution in [-0.4, -0.2) is 38.2 Å². The largest absolute Gasteiger partial charge is 0.358 e. The smallest absolute Gasteiger partial charge is 0.250 e. The summed E-state index contributed by atoms with van der Waals surface area (Å²) in [4.78, 5) is 25.6. The number of aryl methyl sites for hydroxylation is 3. The zero-order valence-corrected chi connectivity index (χ0v) is 15.3. The number of carbonyl (C=O) groups excluding carboxylic acids is 1. The summed E-state index contributed by atoms with van der Waals surface area (Å²) in [6.07, 6.45) is 3.26. The number of nitrogens with one attached hydrogen (secondary N) is 1. The van der Waals surface area contributed by atoms with E-state index in [1.807, 2.05) is 20.0 Å². The van der Waals surface area contributed by atoms with Crippen LogP contribution >= 0.6 is 11.3 Å². The Labute approximate surface area is 149 Å². The third-order valence-electron chi connectivity index (χ3n) is 4.50. The Balaban J connectivity index is 1.59. The Hall–Kier alpha value is -2.48. The van der Waals surface area contributed by atoms with Gasteiger partial charge in [0.25, 0.3) is 5.91 Å². The Bertz CT molecular complexity index is 946.